The molecular weight excluding hydrogens is 687 g/mol. The Hall–Kier alpha value is -6.96. The Bertz CT molecular complexity index is 2920. The Morgan fingerprint density at radius 3 is 1.60 bits per heavy atom. The fraction of sp³-hybridized carbons (Fsp3) is 0.0714. The summed E-state index contributed by atoms with van der Waals surface area (Å²) in [4.78, 5) is 2.59. The van der Waals surface area contributed by atoms with Crippen LogP contribution in [-0.4, -0.2) is 0 Å². The molecule has 0 spiro atoms. The van der Waals surface area contributed by atoms with E-state index in [-0.39, 0.29) is 5.41 Å². The molecule has 9 aromatic rings. The third kappa shape index (κ3) is 4.82. The van der Waals surface area contributed by atoms with Gasteiger partial charge in [0.2, 0.25) is 0 Å². The number of benzene rings is 9. The number of rotatable bonds is 6. The van der Waals surface area contributed by atoms with Gasteiger partial charge in [-0.15, -0.1) is 0 Å². The monoisotopic (exact) mass is 727 g/mol. The van der Waals surface area contributed by atoms with Crippen LogP contribution in [0.15, 0.2) is 212 Å². The largest absolute Gasteiger partial charge is 0.309 e. The molecule has 0 bridgehead atoms. The van der Waals surface area contributed by atoms with Gasteiger partial charge in [-0.3, -0.25) is 0 Å². The van der Waals surface area contributed by atoms with E-state index in [2.05, 4.69) is 231 Å². The maximum atomic E-state index is 2.59. The van der Waals surface area contributed by atoms with Crippen molar-refractivity contribution in [3.63, 3.8) is 0 Å². The molecule has 2 aliphatic carbocycles. The van der Waals surface area contributed by atoms with Gasteiger partial charge in [0.15, 0.2) is 0 Å². The average Bonchev–Trinajstić information content (AvgIpc) is 3.70. The molecular formula is C56H41N. The van der Waals surface area contributed by atoms with Gasteiger partial charge in [0.1, 0.15) is 0 Å². The van der Waals surface area contributed by atoms with E-state index in [1.54, 1.807) is 0 Å². The number of hydrogen-bond donors (Lipinski definition) is 0. The van der Waals surface area contributed by atoms with E-state index < -0.39 is 5.41 Å². The van der Waals surface area contributed by atoms with Crippen LogP contribution < -0.4 is 4.90 Å². The molecule has 0 fully saturated rings. The summed E-state index contributed by atoms with van der Waals surface area (Å²) in [7, 11) is 0. The molecule has 0 saturated carbocycles. The van der Waals surface area contributed by atoms with E-state index in [0.717, 1.165) is 5.69 Å². The topological polar surface area (TPSA) is 3.24 Å². The van der Waals surface area contributed by atoms with E-state index >= 15 is 0 Å². The highest BCUT2D eigenvalue weighted by Gasteiger charge is 2.48. The van der Waals surface area contributed by atoms with E-state index in [1.807, 2.05) is 0 Å². The highest BCUT2D eigenvalue weighted by Crippen LogP contribution is 2.62. The normalized spacial score (nSPS) is 14.1. The fourth-order valence-electron chi connectivity index (χ4n) is 10.2. The number of hydrogen-bond acceptors (Lipinski definition) is 1. The third-order valence-corrected chi connectivity index (χ3v) is 12.7. The van der Waals surface area contributed by atoms with Gasteiger partial charge in [0.05, 0.1) is 16.8 Å². The molecule has 0 amide bonds. The van der Waals surface area contributed by atoms with Crippen molar-refractivity contribution >= 4 is 27.8 Å². The summed E-state index contributed by atoms with van der Waals surface area (Å²) in [5.41, 5.74) is 18.2. The van der Waals surface area contributed by atoms with E-state index in [1.165, 1.54) is 88.9 Å². The molecule has 1 heteroatoms. The summed E-state index contributed by atoms with van der Waals surface area (Å²) >= 11 is 0. The Kier molecular flexibility index (Phi) is 7.50. The van der Waals surface area contributed by atoms with Gasteiger partial charge < -0.3 is 4.90 Å². The van der Waals surface area contributed by atoms with Crippen LogP contribution in [0.1, 0.15) is 47.2 Å². The summed E-state index contributed by atoms with van der Waals surface area (Å²) in [5.74, 6) is 0. The molecule has 0 N–H and O–H groups in total. The van der Waals surface area contributed by atoms with Crippen molar-refractivity contribution in [3.05, 3.63) is 246 Å². The maximum Gasteiger partial charge on any atom is 0.0714 e. The first kappa shape index (κ1) is 33.4. The lowest BCUT2D eigenvalue weighted by Crippen LogP contribution is -2.28. The summed E-state index contributed by atoms with van der Waals surface area (Å²) in [5, 5.41) is 2.44. The number of nitrogens with zero attached hydrogens (tertiary/aromatic N) is 1. The Morgan fingerprint density at radius 1 is 0.386 bits per heavy atom. The van der Waals surface area contributed by atoms with Gasteiger partial charge >= 0.3 is 0 Å². The summed E-state index contributed by atoms with van der Waals surface area (Å²) in [6.45, 7) is 4.75. The smallest absolute Gasteiger partial charge is 0.0714 e. The first-order chi connectivity index (χ1) is 28.1. The molecule has 0 unspecified atom stereocenters. The zero-order valence-corrected chi connectivity index (χ0v) is 32.2. The molecule has 57 heavy (non-hydrogen) atoms. The van der Waals surface area contributed by atoms with Crippen LogP contribution in [0.5, 0.6) is 0 Å². The van der Waals surface area contributed by atoms with Gasteiger partial charge in [0, 0.05) is 27.6 Å². The molecule has 0 saturated heterocycles. The van der Waals surface area contributed by atoms with Gasteiger partial charge in [-0.05, 0) is 85.3 Å². The van der Waals surface area contributed by atoms with E-state index in [9.17, 15) is 0 Å². The molecule has 0 aliphatic heterocycles. The predicted molar refractivity (Wildman–Crippen MR) is 239 cm³/mol. The molecule has 11 rings (SSSR count). The van der Waals surface area contributed by atoms with E-state index in [4.69, 9.17) is 0 Å². The van der Waals surface area contributed by atoms with Crippen LogP contribution in [0.4, 0.5) is 17.1 Å². The lowest BCUT2D eigenvalue weighted by molar-refractivity contribution is 0.660. The minimum absolute atomic E-state index is 0.145. The van der Waals surface area contributed by atoms with Crippen molar-refractivity contribution in [2.24, 2.45) is 0 Å². The predicted octanol–water partition coefficient (Wildman–Crippen LogP) is 14.6. The maximum absolute atomic E-state index is 2.59. The van der Waals surface area contributed by atoms with Gasteiger partial charge in [-0.1, -0.05) is 202 Å². The zero-order valence-electron chi connectivity index (χ0n) is 32.2. The van der Waals surface area contributed by atoms with Crippen molar-refractivity contribution in [1.82, 2.24) is 0 Å². The van der Waals surface area contributed by atoms with Crippen LogP contribution >= 0.6 is 0 Å². The van der Waals surface area contributed by atoms with Crippen molar-refractivity contribution in [2.75, 3.05) is 4.90 Å². The Morgan fingerprint density at radius 2 is 0.912 bits per heavy atom. The van der Waals surface area contributed by atoms with Gasteiger partial charge in [-0.25, -0.2) is 0 Å². The highest BCUT2D eigenvalue weighted by atomic mass is 15.2. The lowest BCUT2D eigenvalue weighted by Gasteiger charge is -2.35. The molecule has 0 radical (unpaired) electrons. The second-order valence-corrected chi connectivity index (χ2v) is 16.0. The Labute approximate surface area is 335 Å². The SMILES string of the molecule is CC1(C)c2ccccc2-c2c(N(c3ccc(-c4ccccc4)cc3)c3c4c(cc5ccccc35)C(c3ccccc3)(c3ccccc3)c3ccccc3-4)cccc21. The van der Waals surface area contributed by atoms with Gasteiger partial charge in [-0.2, -0.15) is 0 Å². The first-order valence-electron chi connectivity index (χ1n) is 20.0. The number of anilines is 3. The molecule has 0 heterocycles. The molecule has 270 valence electrons. The van der Waals surface area contributed by atoms with Crippen LogP contribution in [0.3, 0.4) is 0 Å². The first-order valence-corrected chi connectivity index (χ1v) is 20.0. The van der Waals surface area contributed by atoms with Crippen molar-refractivity contribution < 1.29 is 0 Å². The second kappa shape index (κ2) is 12.8. The van der Waals surface area contributed by atoms with Crippen molar-refractivity contribution in [1.29, 1.82) is 0 Å². The summed E-state index contributed by atoms with van der Waals surface area (Å²) < 4.78 is 0. The number of fused-ring (bicyclic) bond motifs is 7. The summed E-state index contributed by atoms with van der Waals surface area (Å²) in [6, 6.07) is 78.8. The van der Waals surface area contributed by atoms with Crippen molar-refractivity contribution in [2.45, 2.75) is 24.7 Å². The van der Waals surface area contributed by atoms with Crippen LogP contribution in [-0.2, 0) is 10.8 Å². The molecule has 0 aromatic heterocycles. The minimum Gasteiger partial charge on any atom is -0.309 e. The Balaban J connectivity index is 1.30. The van der Waals surface area contributed by atoms with Crippen LogP contribution in [0.2, 0.25) is 0 Å². The van der Waals surface area contributed by atoms with E-state index in [0.29, 0.717) is 0 Å². The molecule has 2 aliphatic rings. The quantitative estimate of drug-likeness (QED) is 0.165. The van der Waals surface area contributed by atoms with Gasteiger partial charge in [0.25, 0.3) is 0 Å². The molecule has 1 nitrogen and oxygen atoms in total. The highest BCUT2D eigenvalue weighted by molar-refractivity contribution is 6.12. The van der Waals surface area contributed by atoms with Crippen LogP contribution in [0.25, 0.3) is 44.2 Å². The van der Waals surface area contributed by atoms with Crippen LogP contribution in [0, 0.1) is 0 Å². The summed E-state index contributed by atoms with van der Waals surface area (Å²) in [6.07, 6.45) is 0. The minimum atomic E-state index is -0.538. The second-order valence-electron chi connectivity index (χ2n) is 16.0. The zero-order chi connectivity index (χ0) is 38.1. The standard InChI is InChI=1S/C56H41N/c1-55(2)47-29-16-14-27-45(47)52-49(55)31-18-32-51(52)57(43-35-33-39(34-36-43)38-19-6-3-7-20-38)54-44-26-13-12-21-40(44)37-50-53(54)46-28-15-17-30-48(46)56(50,41-22-8-4-9-23-41)42-24-10-5-11-25-42/h3-37H,1-2H3. The molecule has 0 atom stereocenters. The fourth-order valence-corrected chi connectivity index (χ4v) is 10.2. The molecule has 9 aromatic carbocycles. The average molecular weight is 728 g/mol. The lowest BCUT2D eigenvalue weighted by atomic mass is 9.67. The third-order valence-electron chi connectivity index (χ3n) is 12.7. The van der Waals surface area contributed by atoms with Crippen molar-refractivity contribution in [3.8, 4) is 33.4 Å².